The first-order chi connectivity index (χ1) is 29.3. The Kier molecular flexibility index (Phi) is 7.54. The molecule has 0 aliphatic heterocycles. The lowest BCUT2D eigenvalue weighted by molar-refractivity contribution is 0.669. The molecule has 0 spiro atoms. The molecule has 0 radical (unpaired) electrons. The van der Waals surface area contributed by atoms with Gasteiger partial charge in [0.15, 0.2) is 5.82 Å². The highest BCUT2D eigenvalue weighted by atomic mass is 16.3. The first-order valence-corrected chi connectivity index (χ1v) is 20.1. The first-order valence-electron chi connectivity index (χ1n) is 20.1. The number of furan rings is 1. The summed E-state index contributed by atoms with van der Waals surface area (Å²) >= 11 is 0. The number of rotatable bonds is 5. The van der Waals surface area contributed by atoms with Crippen LogP contribution in [-0.4, -0.2) is 9.97 Å². The van der Waals surface area contributed by atoms with E-state index in [4.69, 9.17) is 14.4 Å². The Morgan fingerprint density at radius 3 is 1.64 bits per heavy atom. The Morgan fingerprint density at radius 2 is 0.864 bits per heavy atom. The Labute approximate surface area is 340 Å². The molecule has 0 bridgehead atoms. The van der Waals surface area contributed by atoms with Crippen molar-refractivity contribution in [1.82, 2.24) is 9.97 Å². The Morgan fingerprint density at radius 1 is 0.305 bits per heavy atom. The van der Waals surface area contributed by atoms with Gasteiger partial charge in [-0.05, 0) is 89.6 Å². The van der Waals surface area contributed by atoms with Crippen LogP contribution >= 0.6 is 0 Å². The van der Waals surface area contributed by atoms with E-state index >= 15 is 0 Å². The maximum absolute atomic E-state index is 6.33. The van der Waals surface area contributed by atoms with Gasteiger partial charge in [0, 0.05) is 27.5 Å². The molecule has 0 N–H and O–H groups in total. The van der Waals surface area contributed by atoms with Crippen LogP contribution in [0.3, 0.4) is 0 Å². The van der Waals surface area contributed by atoms with Crippen LogP contribution < -0.4 is 0 Å². The normalized spacial score (nSPS) is 11.7. The van der Waals surface area contributed by atoms with Crippen molar-refractivity contribution in [3.8, 4) is 56.2 Å². The van der Waals surface area contributed by atoms with Gasteiger partial charge in [-0.3, -0.25) is 0 Å². The molecular formula is C56H34N2O. The van der Waals surface area contributed by atoms with Gasteiger partial charge in [0.2, 0.25) is 0 Å². The third-order valence-corrected chi connectivity index (χ3v) is 11.9. The van der Waals surface area contributed by atoms with Crippen molar-refractivity contribution >= 4 is 65.0 Å². The molecule has 2 heterocycles. The fourth-order valence-corrected chi connectivity index (χ4v) is 9.22. The zero-order chi connectivity index (χ0) is 38.9. The van der Waals surface area contributed by atoms with Gasteiger partial charge in [0.25, 0.3) is 0 Å². The molecule has 0 aliphatic rings. The minimum Gasteiger partial charge on any atom is -0.456 e. The third kappa shape index (κ3) is 5.36. The van der Waals surface area contributed by atoms with Crippen LogP contribution in [0.5, 0.6) is 0 Å². The molecule has 10 aromatic carbocycles. The Bertz CT molecular complexity index is 3610. The fourth-order valence-electron chi connectivity index (χ4n) is 9.22. The lowest BCUT2D eigenvalue weighted by Gasteiger charge is -2.21. The molecule has 0 amide bonds. The Hall–Kier alpha value is -7.88. The second-order valence-electron chi connectivity index (χ2n) is 15.2. The molecular weight excluding hydrogens is 717 g/mol. The molecule has 274 valence electrons. The summed E-state index contributed by atoms with van der Waals surface area (Å²) in [5.74, 6) is 0.677. The molecule has 2 aromatic heterocycles. The molecule has 0 unspecified atom stereocenters. The van der Waals surface area contributed by atoms with Gasteiger partial charge in [-0.25, -0.2) is 9.97 Å². The van der Waals surface area contributed by atoms with Crippen LogP contribution in [0.1, 0.15) is 0 Å². The average Bonchev–Trinajstić information content (AvgIpc) is 3.69. The SMILES string of the molecule is c1ccc(-c2nc(-c3ccc4c(c3)oc3ccccc34)cc(-c3ccc(-c4c5ccccc5c(-c5ccccc5)c5ccc6ccccc6c45)c4ccccc34)n2)cc1. The molecule has 3 nitrogen and oxygen atoms in total. The van der Waals surface area contributed by atoms with E-state index in [1.54, 1.807) is 0 Å². The largest absolute Gasteiger partial charge is 0.456 e. The highest BCUT2D eigenvalue weighted by Gasteiger charge is 2.22. The quantitative estimate of drug-likeness (QED) is 0.130. The molecule has 0 atom stereocenters. The zero-order valence-corrected chi connectivity index (χ0v) is 31.9. The number of para-hydroxylation sites is 1. The Balaban J connectivity index is 1.12. The van der Waals surface area contributed by atoms with Crippen LogP contribution in [0, 0.1) is 0 Å². The van der Waals surface area contributed by atoms with Crippen LogP contribution in [0.4, 0.5) is 0 Å². The van der Waals surface area contributed by atoms with E-state index in [1.807, 2.05) is 30.3 Å². The standard InChI is InChI=1S/C56H34N2O/c1-3-16-36(17-4-1)53-45-24-11-12-25-46(45)55(54-39-20-8-7-15-35(39)27-30-48(53)54)47-32-31-42(40-21-9-10-22-41(40)47)50-34-49(57-56(58-50)37-18-5-2-6-19-37)38-28-29-44-43-23-13-14-26-51(43)59-52(44)33-38/h1-34H. The van der Waals surface area contributed by atoms with Crippen LogP contribution in [0.25, 0.3) is 121 Å². The molecule has 0 saturated carbocycles. The van der Waals surface area contributed by atoms with Crippen LogP contribution in [-0.2, 0) is 0 Å². The van der Waals surface area contributed by atoms with Crippen molar-refractivity contribution in [2.45, 2.75) is 0 Å². The van der Waals surface area contributed by atoms with E-state index in [0.29, 0.717) is 5.82 Å². The molecule has 12 aromatic rings. The first kappa shape index (κ1) is 33.3. The van der Waals surface area contributed by atoms with Crippen molar-refractivity contribution in [3.05, 3.63) is 206 Å². The van der Waals surface area contributed by atoms with E-state index in [1.165, 1.54) is 60.0 Å². The lowest BCUT2D eigenvalue weighted by Crippen LogP contribution is -1.97. The summed E-state index contributed by atoms with van der Waals surface area (Å²) < 4.78 is 6.33. The van der Waals surface area contributed by atoms with Gasteiger partial charge < -0.3 is 4.42 Å². The van der Waals surface area contributed by atoms with Crippen LogP contribution in [0.2, 0.25) is 0 Å². The summed E-state index contributed by atoms with van der Waals surface area (Å²) in [6.45, 7) is 0. The predicted molar refractivity (Wildman–Crippen MR) is 247 cm³/mol. The molecule has 59 heavy (non-hydrogen) atoms. The zero-order valence-electron chi connectivity index (χ0n) is 31.9. The predicted octanol–water partition coefficient (Wildman–Crippen LogP) is 15.3. The van der Waals surface area contributed by atoms with Crippen molar-refractivity contribution < 1.29 is 4.42 Å². The van der Waals surface area contributed by atoms with E-state index in [-0.39, 0.29) is 0 Å². The van der Waals surface area contributed by atoms with Gasteiger partial charge in [0.05, 0.1) is 11.4 Å². The average molecular weight is 751 g/mol. The molecule has 12 rings (SSSR count). The summed E-state index contributed by atoms with van der Waals surface area (Å²) in [7, 11) is 0. The topological polar surface area (TPSA) is 38.9 Å². The highest BCUT2D eigenvalue weighted by molar-refractivity contribution is 6.29. The van der Waals surface area contributed by atoms with E-state index in [2.05, 4.69) is 176 Å². The summed E-state index contributed by atoms with van der Waals surface area (Å²) in [5, 5.41) is 11.9. The molecule has 0 fully saturated rings. The van der Waals surface area contributed by atoms with Gasteiger partial charge in [-0.1, -0.05) is 182 Å². The second-order valence-corrected chi connectivity index (χ2v) is 15.2. The fraction of sp³-hybridized carbons (Fsp3) is 0. The maximum atomic E-state index is 6.33. The highest BCUT2D eigenvalue weighted by Crippen LogP contribution is 2.48. The number of hydrogen-bond donors (Lipinski definition) is 0. The van der Waals surface area contributed by atoms with Gasteiger partial charge in [-0.15, -0.1) is 0 Å². The number of hydrogen-bond acceptors (Lipinski definition) is 3. The number of benzene rings is 10. The molecule has 0 saturated heterocycles. The second kappa shape index (κ2) is 13.4. The summed E-state index contributed by atoms with van der Waals surface area (Å²) in [4.78, 5) is 10.5. The van der Waals surface area contributed by atoms with Crippen molar-refractivity contribution in [3.63, 3.8) is 0 Å². The molecule has 3 heteroatoms. The van der Waals surface area contributed by atoms with Gasteiger partial charge >= 0.3 is 0 Å². The van der Waals surface area contributed by atoms with Crippen molar-refractivity contribution in [1.29, 1.82) is 0 Å². The minimum atomic E-state index is 0.677. The van der Waals surface area contributed by atoms with Gasteiger partial charge in [-0.2, -0.15) is 0 Å². The maximum Gasteiger partial charge on any atom is 0.160 e. The lowest BCUT2D eigenvalue weighted by atomic mass is 9.82. The van der Waals surface area contributed by atoms with Gasteiger partial charge in [0.1, 0.15) is 11.2 Å². The van der Waals surface area contributed by atoms with Crippen molar-refractivity contribution in [2.75, 3.05) is 0 Å². The summed E-state index contributed by atoms with van der Waals surface area (Å²) in [6, 6.07) is 73.4. The number of fused-ring (bicyclic) bond motifs is 8. The van der Waals surface area contributed by atoms with Crippen LogP contribution in [0.15, 0.2) is 211 Å². The smallest absolute Gasteiger partial charge is 0.160 e. The number of aromatic nitrogens is 2. The summed E-state index contributed by atoms with van der Waals surface area (Å²) in [5.41, 5.74) is 11.3. The monoisotopic (exact) mass is 750 g/mol. The van der Waals surface area contributed by atoms with E-state index in [0.717, 1.165) is 55.4 Å². The third-order valence-electron chi connectivity index (χ3n) is 11.9. The van der Waals surface area contributed by atoms with E-state index < -0.39 is 0 Å². The molecule has 0 aliphatic carbocycles. The number of nitrogens with zero attached hydrogens (tertiary/aromatic N) is 2. The van der Waals surface area contributed by atoms with Crippen molar-refractivity contribution in [2.24, 2.45) is 0 Å². The van der Waals surface area contributed by atoms with E-state index in [9.17, 15) is 0 Å². The summed E-state index contributed by atoms with van der Waals surface area (Å²) in [6.07, 6.45) is 0. The minimum absolute atomic E-state index is 0.677.